The molecular weight excluding hydrogens is 377 g/mol. The minimum absolute atomic E-state index is 0.0616. The van der Waals surface area contributed by atoms with Crippen molar-refractivity contribution in [3.05, 3.63) is 21.8 Å². The quantitative estimate of drug-likeness (QED) is 0.329. The molecule has 3 aliphatic rings. The molecule has 104 valence electrons. The van der Waals surface area contributed by atoms with Gasteiger partial charge in [-0.25, -0.2) is 0 Å². The van der Waals surface area contributed by atoms with Gasteiger partial charge in [0.05, 0.1) is 0 Å². The van der Waals surface area contributed by atoms with Crippen molar-refractivity contribution in [3.8, 4) is 0 Å². The predicted octanol–water partition coefficient (Wildman–Crippen LogP) is 1.59. The van der Waals surface area contributed by atoms with Gasteiger partial charge in [-0.1, -0.05) is 0 Å². The molecule has 1 amide bonds. The van der Waals surface area contributed by atoms with Gasteiger partial charge >= 0.3 is 129 Å². The second-order valence-electron chi connectivity index (χ2n) is 5.42. The van der Waals surface area contributed by atoms with Crippen LogP contribution < -0.4 is 5.32 Å². The summed E-state index contributed by atoms with van der Waals surface area (Å²) in [5, 5.41) is 13.7. The Bertz CT molecular complexity index is 451. The second kappa shape index (κ2) is 5.41. The summed E-state index contributed by atoms with van der Waals surface area (Å²) in [7, 11) is 0. The van der Waals surface area contributed by atoms with Gasteiger partial charge in [0, 0.05) is 0 Å². The van der Waals surface area contributed by atoms with Crippen LogP contribution in [0.15, 0.2) is 21.8 Å². The van der Waals surface area contributed by atoms with Crippen LogP contribution in [0.1, 0.15) is 25.7 Å². The van der Waals surface area contributed by atoms with E-state index in [4.69, 9.17) is 11.6 Å². The Labute approximate surface area is 128 Å². The molecule has 0 saturated carbocycles. The number of rotatable bonds is 4. The van der Waals surface area contributed by atoms with Gasteiger partial charge in [0.1, 0.15) is 0 Å². The molecule has 2 aliphatic heterocycles. The Hall–Kier alpha value is -0.0104. The van der Waals surface area contributed by atoms with E-state index < -0.39 is 30.5 Å². The summed E-state index contributed by atoms with van der Waals surface area (Å²) in [5.74, 6) is 0.795. The third-order valence-electron chi connectivity index (χ3n) is 4.35. The predicted molar refractivity (Wildman–Crippen MR) is 76.3 cm³/mol. The molecule has 5 heteroatoms. The Morgan fingerprint density at radius 2 is 2.47 bits per heavy atom. The van der Waals surface area contributed by atoms with Crippen molar-refractivity contribution in [3.63, 3.8) is 0 Å². The summed E-state index contributed by atoms with van der Waals surface area (Å²) in [6, 6.07) is 0.0616. The van der Waals surface area contributed by atoms with Crippen molar-refractivity contribution >= 4 is 38.4 Å². The van der Waals surface area contributed by atoms with E-state index in [1.165, 1.54) is 5.57 Å². The van der Waals surface area contributed by atoms with Crippen LogP contribution in [0.2, 0.25) is 3.46 Å². The van der Waals surface area contributed by atoms with Crippen LogP contribution >= 0.6 is 11.6 Å². The zero-order valence-corrected chi connectivity index (χ0v) is 13.7. The molecule has 0 radical (unpaired) electrons. The van der Waals surface area contributed by atoms with Crippen molar-refractivity contribution < 1.29 is 9.90 Å². The van der Waals surface area contributed by atoms with Crippen molar-refractivity contribution in [2.75, 3.05) is 5.88 Å². The van der Waals surface area contributed by atoms with Crippen molar-refractivity contribution in [1.82, 2.24) is 5.32 Å². The van der Waals surface area contributed by atoms with E-state index in [9.17, 15) is 9.90 Å². The van der Waals surface area contributed by atoms with Gasteiger partial charge < -0.3 is 0 Å². The Kier molecular flexibility index (Phi) is 3.97. The van der Waals surface area contributed by atoms with E-state index in [2.05, 4.69) is 21.6 Å². The summed E-state index contributed by atoms with van der Waals surface area (Å²) in [5.41, 5.74) is 1.25. The zero-order valence-electron chi connectivity index (χ0n) is 10.6. The minimum atomic E-state index is -0.636. The molecule has 2 N–H and O–H groups in total. The third-order valence-corrected chi connectivity index (χ3v) is 8.75. The first kappa shape index (κ1) is 13.9. The molecule has 0 aromatic heterocycles. The Balaban J connectivity index is 1.80. The molecule has 0 aromatic carbocycles. The van der Waals surface area contributed by atoms with Crippen LogP contribution in [0, 0.1) is 5.92 Å². The molecule has 4 atom stereocenters. The number of aliphatic hydroxyl groups excluding tert-OH is 1. The summed E-state index contributed by atoms with van der Waals surface area (Å²) < 4.78 is 1.74. The molecule has 0 spiro atoms. The molecule has 1 fully saturated rings. The number of carbonyl (C=O) groups is 1. The number of amides is 1. The maximum atomic E-state index is 12.1. The van der Waals surface area contributed by atoms with Crippen LogP contribution in [-0.4, -0.2) is 50.0 Å². The number of alkyl halides is 1. The Morgan fingerprint density at radius 3 is 3.11 bits per heavy atom. The summed E-state index contributed by atoms with van der Waals surface area (Å²) >= 11 is 5.18. The van der Waals surface area contributed by atoms with Gasteiger partial charge in [0.2, 0.25) is 0 Å². The molecule has 19 heavy (non-hydrogen) atoms. The number of nitrogens with one attached hydrogen (secondary N) is 1. The molecule has 0 bridgehead atoms. The van der Waals surface area contributed by atoms with E-state index in [1.807, 2.05) is 0 Å². The zero-order chi connectivity index (χ0) is 13.5. The molecule has 1 saturated heterocycles. The summed E-state index contributed by atoms with van der Waals surface area (Å²) in [6.45, 7) is 0. The molecular formula is C14H18ClNO2Te. The van der Waals surface area contributed by atoms with Crippen LogP contribution in [0.5, 0.6) is 0 Å². The van der Waals surface area contributed by atoms with Gasteiger partial charge in [-0.15, -0.1) is 0 Å². The maximum absolute atomic E-state index is 12.1. The average molecular weight is 395 g/mol. The van der Waals surface area contributed by atoms with Crippen LogP contribution in [0.4, 0.5) is 0 Å². The SMILES string of the molecule is O=C1N[C@H]2C(CCCl)=C[Te][C@@]12[C@@H](O)[C@H]1C=CCCC1. The number of hydrogen-bond acceptors (Lipinski definition) is 2. The molecule has 3 nitrogen and oxygen atoms in total. The van der Waals surface area contributed by atoms with E-state index >= 15 is 0 Å². The second-order valence-corrected chi connectivity index (χ2v) is 9.07. The first-order valence-electron chi connectivity index (χ1n) is 6.78. The first-order valence-corrected chi connectivity index (χ1v) is 9.83. The monoisotopic (exact) mass is 397 g/mol. The fourth-order valence-corrected chi connectivity index (χ4v) is 7.53. The number of fused-ring (bicyclic) bond motifs is 1. The van der Waals surface area contributed by atoms with Crippen LogP contribution in [-0.2, 0) is 4.79 Å². The normalized spacial score (nSPS) is 38.2. The van der Waals surface area contributed by atoms with Crippen molar-refractivity contribution in [2.45, 2.75) is 41.3 Å². The molecule has 1 aliphatic carbocycles. The summed E-state index contributed by atoms with van der Waals surface area (Å²) in [6.07, 6.45) is 7.76. The van der Waals surface area contributed by atoms with E-state index in [0.717, 1.165) is 25.7 Å². The van der Waals surface area contributed by atoms with E-state index in [1.54, 1.807) is 0 Å². The van der Waals surface area contributed by atoms with Gasteiger partial charge in [0.25, 0.3) is 0 Å². The summed E-state index contributed by atoms with van der Waals surface area (Å²) in [4.78, 5) is 12.1. The Morgan fingerprint density at radius 1 is 1.63 bits per heavy atom. The number of halogens is 1. The van der Waals surface area contributed by atoms with Crippen LogP contribution in [0.3, 0.4) is 0 Å². The number of β-lactam (4-membered cyclic amide) rings is 1. The van der Waals surface area contributed by atoms with Crippen LogP contribution in [0.25, 0.3) is 0 Å². The standard InChI is InChI=1S/C14H18ClNO2Te/c15-7-6-10-8-19-14(11(10)16-13(14)18)12(17)9-4-2-1-3-5-9/h2,4,8-9,11-12,17H,1,3,5-7H2,(H,16,18)/t9-,11-,12-,14-/m0/s1. The topological polar surface area (TPSA) is 49.3 Å². The number of carbonyl (C=O) groups excluding carboxylic acids is 1. The molecule has 2 heterocycles. The van der Waals surface area contributed by atoms with Gasteiger partial charge in [-0.2, -0.15) is 0 Å². The van der Waals surface area contributed by atoms with Gasteiger partial charge in [-0.05, 0) is 0 Å². The number of aliphatic hydroxyl groups is 1. The van der Waals surface area contributed by atoms with Gasteiger partial charge in [0.15, 0.2) is 0 Å². The molecule has 3 rings (SSSR count). The number of hydrogen-bond donors (Lipinski definition) is 2. The van der Waals surface area contributed by atoms with Crippen molar-refractivity contribution in [1.29, 1.82) is 0 Å². The molecule has 0 unspecified atom stereocenters. The van der Waals surface area contributed by atoms with E-state index in [0.29, 0.717) is 5.88 Å². The van der Waals surface area contributed by atoms with Crippen molar-refractivity contribution in [2.24, 2.45) is 5.92 Å². The first-order chi connectivity index (χ1) is 9.20. The van der Waals surface area contributed by atoms with Gasteiger partial charge in [-0.3, -0.25) is 0 Å². The fourth-order valence-electron chi connectivity index (χ4n) is 3.24. The fraction of sp³-hybridized carbons (Fsp3) is 0.643. The van der Waals surface area contributed by atoms with E-state index in [-0.39, 0.29) is 17.9 Å². The molecule has 0 aromatic rings. The average Bonchev–Trinajstić information content (AvgIpc) is 2.73. The third kappa shape index (κ3) is 2.08. The number of allylic oxidation sites excluding steroid dienone is 1.